The molecule has 0 atom stereocenters. The minimum atomic E-state index is -0.469. The van der Waals surface area contributed by atoms with Crippen molar-refractivity contribution in [2.45, 2.75) is 39.8 Å². The molecular weight excluding hydrogens is 296 g/mol. The predicted molar refractivity (Wildman–Crippen MR) is 101 cm³/mol. The van der Waals surface area contributed by atoms with Crippen LogP contribution in [0.2, 0.25) is 0 Å². The van der Waals surface area contributed by atoms with Crippen LogP contribution >= 0.6 is 0 Å². The maximum absolute atomic E-state index is 12.3. The van der Waals surface area contributed by atoms with Crippen molar-refractivity contribution in [3.63, 3.8) is 0 Å². The quantitative estimate of drug-likeness (QED) is 0.818. The van der Waals surface area contributed by atoms with Gasteiger partial charge in [-0.05, 0) is 50.5 Å². The van der Waals surface area contributed by atoms with E-state index in [1.54, 1.807) is 0 Å². The lowest BCUT2D eigenvalue weighted by atomic mass is 9.92. The van der Waals surface area contributed by atoms with Gasteiger partial charge in [0, 0.05) is 6.54 Å². The molecule has 2 aromatic rings. The Bertz CT molecular complexity index is 730. The highest BCUT2D eigenvalue weighted by Gasteiger charge is 2.23. The average Bonchev–Trinajstić information content (AvgIpc) is 2.54. The normalized spacial score (nSPS) is 11.0. The van der Waals surface area contributed by atoms with Crippen molar-refractivity contribution in [1.29, 1.82) is 0 Å². The van der Waals surface area contributed by atoms with E-state index in [9.17, 15) is 4.79 Å². The van der Waals surface area contributed by atoms with E-state index in [1.807, 2.05) is 70.2 Å². The third-order valence-electron chi connectivity index (χ3n) is 4.08. The fourth-order valence-corrected chi connectivity index (χ4v) is 2.46. The molecule has 2 amide bonds. The van der Waals surface area contributed by atoms with E-state index in [-0.39, 0.29) is 6.03 Å². The summed E-state index contributed by atoms with van der Waals surface area (Å²) in [6.45, 7) is 12.5. The third-order valence-corrected chi connectivity index (χ3v) is 4.08. The molecule has 0 heterocycles. The number of hydrogen-bond acceptors (Lipinski definition) is 1. The number of nitrogens with one attached hydrogen (secondary N) is 2. The van der Waals surface area contributed by atoms with Crippen molar-refractivity contribution in [3.8, 4) is 0 Å². The fourth-order valence-electron chi connectivity index (χ4n) is 2.46. The Kier molecular flexibility index (Phi) is 5.45. The highest BCUT2D eigenvalue weighted by Crippen LogP contribution is 2.23. The summed E-state index contributed by atoms with van der Waals surface area (Å²) in [6.07, 6.45) is 0. The topological polar surface area (TPSA) is 41.1 Å². The first kappa shape index (κ1) is 17.8. The summed E-state index contributed by atoms with van der Waals surface area (Å²) >= 11 is 0. The second kappa shape index (κ2) is 7.35. The summed E-state index contributed by atoms with van der Waals surface area (Å²) in [4.78, 5) is 12.3. The van der Waals surface area contributed by atoms with Crippen molar-refractivity contribution in [2.75, 3.05) is 0 Å². The van der Waals surface area contributed by atoms with Crippen LogP contribution in [0.4, 0.5) is 4.79 Å². The van der Waals surface area contributed by atoms with Gasteiger partial charge in [0.2, 0.25) is 0 Å². The van der Waals surface area contributed by atoms with Gasteiger partial charge in [-0.25, -0.2) is 4.79 Å². The van der Waals surface area contributed by atoms with E-state index in [1.165, 1.54) is 5.56 Å². The zero-order valence-corrected chi connectivity index (χ0v) is 14.9. The monoisotopic (exact) mass is 322 g/mol. The second-order valence-electron chi connectivity index (χ2n) is 6.78. The van der Waals surface area contributed by atoms with Crippen LogP contribution < -0.4 is 10.6 Å². The molecule has 24 heavy (non-hydrogen) atoms. The predicted octanol–water partition coefficient (Wildman–Crippen LogP) is 4.76. The Morgan fingerprint density at radius 1 is 1.12 bits per heavy atom. The van der Waals surface area contributed by atoms with Crippen LogP contribution in [0.25, 0.3) is 5.57 Å². The fraction of sp³-hybridized carbons (Fsp3) is 0.286. The summed E-state index contributed by atoms with van der Waals surface area (Å²) in [7, 11) is 0. The lowest BCUT2D eigenvalue weighted by Gasteiger charge is -2.27. The molecule has 2 N–H and O–H groups in total. The van der Waals surface area contributed by atoms with Crippen LogP contribution in [-0.2, 0) is 12.1 Å². The molecule has 0 radical (unpaired) electrons. The molecule has 0 saturated carbocycles. The van der Waals surface area contributed by atoms with Gasteiger partial charge in [-0.3, -0.25) is 0 Å². The maximum atomic E-state index is 12.3. The number of rotatable bonds is 5. The highest BCUT2D eigenvalue weighted by molar-refractivity contribution is 5.75. The smallest absolute Gasteiger partial charge is 0.315 e. The van der Waals surface area contributed by atoms with Crippen LogP contribution in [0.15, 0.2) is 55.1 Å². The number of carbonyl (C=O) groups is 1. The van der Waals surface area contributed by atoms with Crippen LogP contribution in [0, 0.1) is 6.92 Å². The van der Waals surface area contributed by atoms with Crippen LogP contribution in [0.1, 0.15) is 43.0 Å². The van der Waals surface area contributed by atoms with Crippen LogP contribution in [-0.4, -0.2) is 6.03 Å². The molecule has 0 aliphatic heterocycles. The largest absolute Gasteiger partial charge is 0.334 e. The van der Waals surface area contributed by atoms with Gasteiger partial charge in [-0.1, -0.05) is 60.2 Å². The SMILES string of the molecule is C=C(C)c1cccc(C(C)(C)NC(=O)NCc2ccc(C)cc2)c1. The summed E-state index contributed by atoms with van der Waals surface area (Å²) in [6, 6.07) is 16.1. The molecule has 0 saturated heterocycles. The van der Waals surface area contributed by atoms with Gasteiger partial charge in [0.15, 0.2) is 0 Å². The maximum Gasteiger partial charge on any atom is 0.315 e. The number of amides is 2. The van der Waals surface area contributed by atoms with E-state index in [4.69, 9.17) is 0 Å². The Morgan fingerprint density at radius 3 is 2.42 bits per heavy atom. The first-order valence-electron chi connectivity index (χ1n) is 8.16. The van der Waals surface area contributed by atoms with Gasteiger partial charge < -0.3 is 10.6 Å². The van der Waals surface area contributed by atoms with Crippen molar-refractivity contribution in [1.82, 2.24) is 10.6 Å². The van der Waals surface area contributed by atoms with E-state index in [2.05, 4.69) is 23.3 Å². The molecule has 0 unspecified atom stereocenters. The summed E-state index contributed by atoms with van der Waals surface area (Å²) in [5.41, 5.74) is 4.97. The number of allylic oxidation sites excluding steroid dienone is 1. The minimum absolute atomic E-state index is 0.179. The third kappa shape index (κ3) is 4.72. The summed E-state index contributed by atoms with van der Waals surface area (Å²) in [5.74, 6) is 0. The Morgan fingerprint density at radius 2 is 1.79 bits per heavy atom. The van der Waals surface area contributed by atoms with Crippen molar-refractivity contribution < 1.29 is 4.79 Å². The van der Waals surface area contributed by atoms with Crippen molar-refractivity contribution in [2.24, 2.45) is 0 Å². The molecule has 2 rings (SSSR count). The standard InChI is InChI=1S/C21H26N2O/c1-15(2)18-7-6-8-19(13-18)21(4,5)23-20(24)22-14-17-11-9-16(3)10-12-17/h6-13H,1,14H2,2-5H3,(H2,22,23,24). The van der Waals surface area contributed by atoms with Gasteiger partial charge in [-0.15, -0.1) is 0 Å². The van der Waals surface area contributed by atoms with Gasteiger partial charge in [0.05, 0.1) is 5.54 Å². The second-order valence-corrected chi connectivity index (χ2v) is 6.78. The molecule has 0 spiro atoms. The first-order valence-corrected chi connectivity index (χ1v) is 8.16. The van der Waals surface area contributed by atoms with Gasteiger partial charge in [0.25, 0.3) is 0 Å². The molecular formula is C21H26N2O. The zero-order chi connectivity index (χ0) is 17.7. The number of hydrogen-bond donors (Lipinski definition) is 2. The Hall–Kier alpha value is -2.55. The van der Waals surface area contributed by atoms with E-state index in [0.717, 1.165) is 22.3 Å². The van der Waals surface area contributed by atoms with Crippen LogP contribution in [0.3, 0.4) is 0 Å². The van der Waals surface area contributed by atoms with Crippen LogP contribution in [0.5, 0.6) is 0 Å². The number of carbonyl (C=O) groups excluding carboxylic acids is 1. The zero-order valence-electron chi connectivity index (χ0n) is 14.9. The minimum Gasteiger partial charge on any atom is -0.334 e. The molecule has 0 aromatic heterocycles. The van der Waals surface area contributed by atoms with Crippen molar-refractivity contribution in [3.05, 3.63) is 77.4 Å². The molecule has 126 valence electrons. The van der Waals surface area contributed by atoms with Crippen molar-refractivity contribution >= 4 is 11.6 Å². The van der Waals surface area contributed by atoms with E-state index < -0.39 is 5.54 Å². The molecule has 0 aliphatic rings. The summed E-state index contributed by atoms with van der Waals surface area (Å²) < 4.78 is 0. The number of benzene rings is 2. The molecule has 2 aromatic carbocycles. The van der Waals surface area contributed by atoms with E-state index in [0.29, 0.717) is 6.54 Å². The molecule has 0 bridgehead atoms. The van der Waals surface area contributed by atoms with Gasteiger partial charge in [-0.2, -0.15) is 0 Å². The molecule has 0 aliphatic carbocycles. The summed E-state index contributed by atoms with van der Waals surface area (Å²) in [5, 5.41) is 5.95. The lowest BCUT2D eigenvalue weighted by Crippen LogP contribution is -2.46. The Balaban J connectivity index is 2.00. The first-order chi connectivity index (χ1) is 11.3. The molecule has 3 nitrogen and oxygen atoms in total. The van der Waals surface area contributed by atoms with E-state index >= 15 is 0 Å². The average molecular weight is 322 g/mol. The number of urea groups is 1. The lowest BCUT2D eigenvalue weighted by molar-refractivity contribution is 0.229. The number of aryl methyl sites for hydroxylation is 1. The highest BCUT2D eigenvalue weighted by atomic mass is 16.2. The molecule has 0 fully saturated rings. The van der Waals surface area contributed by atoms with Gasteiger partial charge in [0.1, 0.15) is 0 Å². The Labute approximate surface area is 144 Å². The molecule has 3 heteroatoms. The van der Waals surface area contributed by atoms with Gasteiger partial charge >= 0.3 is 6.03 Å².